The quantitative estimate of drug-likeness (QED) is 0.454. The van der Waals surface area contributed by atoms with E-state index in [0.717, 1.165) is 42.4 Å². The zero-order valence-electron chi connectivity index (χ0n) is 18.7. The first kappa shape index (κ1) is 25.6. The van der Waals surface area contributed by atoms with Gasteiger partial charge in [-0.2, -0.15) is 4.98 Å². The molecule has 1 aromatic heterocycles. The van der Waals surface area contributed by atoms with Gasteiger partial charge in [-0.1, -0.05) is 37.8 Å². The minimum Gasteiger partial charge on any atom is -0.405 e. The summed E-state index contributed by atoms with van der Waals surface area (Å²) < 4.78 is 42.0. The van der Waals surface area contributed by atoms with Gasteiger partial charge in [-0.3, -0.25) is 0 Å². The fourth-order valence-corrected chi connectivity index (χ4v) is 4.22. The Balaban J connectivity index is 0.00000324. The Labute approximate surface area is 198 Å². The van der Waals surface area contributed by atoms with Crippen LogP contribution in [0.3, 0.4) is 0 Å². The second-order valence-electron chi connectivity index (χ2n) is 8.51. The van der Waals surface area contributed by atoms with Crippen LogP contribution in [0.5, 0.6) is 5.75 Å². The number of ether oxygens (including phenoxy) is 1. The summed E-state index contributed by atoms with van der Waals surface area (Å²) >= 11 is 0. The molecule has 0 amide bonds. The number of nitrogens with zero attached hydrogens (tertiary/aromatic N) is 3. The van der Waals surface area contributed by atoms with E-state index in [4.69, 9.17) is 4.98 Å². The smallest absolute Gasteiger partial charge is 0.405 e. The van der Waals surface area contributed by atoms with Gasteiger partial charge in [0.05, 0.1) is 5.52 Å². The topological polar surface area (TPSA) is 62.3 Å². The van der Waals surface area contributed by atoms with E-state index in [0.29, 0.717) is 18.1 Å². The molecule has 4 rings (SSSR count). The third kappa shape index (κ3) is 6.50. The van der Waals surface area contributed by atoms with Crippen molar-refractivity contribution in [3.8, 4) is 5.75 Å². The molecule has 1 fully saturated rings. The van der Waals surface area contributed by atoms with E-state index < -0.39 is 6.36 Å². The molecule has 0 unspecified atom stereocenters. The number of halogens is 3. The Morgan fingerprint density at radius 1 is 0.941 bits per heavy atom. The number of aromatic nitrogens is 2. The summed E-state index contributed by atoms with van der Waals surface area (Å²) in [6, 6.07) is 14.7. The Kier molecular flexibility index (Phi) is 8.19. The van der Waals surface area contributed by atoms with Gasteiger partial charge >= 0.3 is 6.36 Å². The van der Waals surface area contributed by atoms with Gasteiger partial charge in [-0.15, -0.1) is 13.2 Å². The average molecular weight is 476 g/mol. The van der Waals surface area contributed by atoms with E-state index in [9.17, 15) is 13.2 Å². The molecule has 34 heavy (non-hydrogen) atoms. The molecule has 184 valence electrons. The molecule has 1 aliphatic rings. The molecular formula is C25H32F3N5O. The largest absolute Gasteiger partial charge is 0.573 e. The van der Waals surface area contributed by atoms with Gasteiger partial charge in [0.25, 0.3) is 0 Å². The second kappa shape index (κ2) is 10.9. The Bertz CT molecular complexity index is 1080. The zero-order chi connectivity index (χ0) is 23.4. The van der Waals surface area contributed by atoms with Gasteiger partial charge in [0, 0.05) is 43.7 Å². The van der Waals surface area contributed by atoms with Crippen molar-refractivity contribution in [2.24, 2.45) is 0 Å². The lowest BCUT2D eigenvalue weighted by Gasteiger charge is -2.30. The van der Waals surface area contributed by atoms with E-state index in [1.54, 1.807) is 12.1 Å². The van der Waals surface area contributed by atoms with Crippen molar-refractivity contribution in [2.45, 2.75) is 58.1 Å². The minimum atomic E-state index is -4.70. The van der Waals surface area contributed by atoms with Crippen LogP contribution in [-0.2, 0) is 6.54 Å². The van der Waals surface area contributed by atoms with Gasteiger partial charge < -0.3 is 20.3 Å². The van der Waals surface area contributed by atoms with E-state index >= 15 is 0 Å². The normalized spacial score (nSPS) is 18.3. The van der Waals surface area contributed by atoms with E-state index in [1.807, 2.05) is 43.3 Å². The molecule has 1 aliphatic carbocycles. The fourth-order valence-electron chi connectivity index (χ4n) is 4.22. The van der Waals surface area contributed by atoms with Crippen molar-refractivity contribution in [3.63, 3.8) is 0 Å². The number of nitrogens with one attached hydrogen (secondary N) is 2. The molecule has 0 atom stereocenters. The molecule has 2 N–H and O–H groups in total. The SMILES string of the molecule is C.CN(C)c1nc(NC2CCC(NCc3ccccc3OC(F)(F)F)CC2)nc2ccccc12. The van der Waals surface area contributed by atoms with E-state index in [1.165, 1.54) is 12.1 Å². The third-order valence-corrected chi connectivity index (χ3v) is 5.85. The molecule has 1 heterocycles. The molecule has 0 saturated heterocycles. The predicted octanol–water partition coefficient (Wildman–Crippen LogP) is 5.74. The molecule has 9 heteroatoms. The lowest BCUT2D eigenvalue weighted by molar-refractivity contribution is -0.274. The first-order valence-corrected chi connectivity index (χ1v) is 11.1. The molecule has 0 aliphatic heterocycles. The van der Waals surface area contributed by atoms with Crippen molar-refractivity contribution in [3.05, 3.63) is 54.1 Å². The molecule has 2 aromatic carbocycles. The van der Waals surface area contributed by atoms with Crippen LogP contribution in [0.15, 0.2) is 48.5 Å². The second-order valence-corrected chi connectivity index (χ2v) is 8.51. The average Bonchev–Trinajstić information content (AvgIpc) is 2.78. The van der Waals surface area contributed by atoms with Crippen molar-refractivity contribution in [2.75, 3.05) is 24.3 Å². The number of alkyl halides is 3. The lowest BCUT2D eigenvalue weighted by Crippen LogP contribution is -2.37. The molecule has 3 aromatic rings. The van der Waals surface area contributed by atoms with Crippen LogP contribution in [0.25, 0.3) is 10.9 Å². The van der Waals surface area contributed by atoms with Crippen LogP contribution in [0.4, 0.5) is 24.9 Å². The van der Waals surface area contributed by atoms with Crippen LogP contribution in [0.1, 0.15) is 38.7 Å². The van der Waals surface area contributed by atoms with Crippen molar-refractivity contribution >= 4 is 22.7 Å². The van der Waals surface area contributed by atoms with Crippen LogP contribution in [0.2, 0.25) is 0 Å². The van der Waals surface area contributed by atoms with Gasteiger partial charge in [0.1, 0.15) is 11.6 Å². The number of fused-ring (bicyclic) bond motifs is 1. The third-order valence-electron chi connectivity index (χ3n) is 5.85. The number of para-hydroxylation sites is 2. The maximum Gasteiger partial charge on any atom is 0.573 e. The maximum absolute atomic E-state index is 12.6. The van der Waals surface area contributed by atoms with Crippen LogP contribution >= 0.6 is 0 Å². The molecule has 0 spiro atoms. The Hall–Kier alpha value is -3.07. The molecule has 1 saturated carbocycles. The lowest BCUT2D eigenvalue weighted by atomic mass is 9.91. The van der Waals surface area contributed by atoms with Gasteiger partial charge in [-0.05, 0) is 43.9 Å². The van der Waals surface area contributed by atoms with Crippen molar-refractivity contribution in [1.82, 2.24) is 15.3 Å². The Morgan fingerprint density at radius 2 is 1.59 bits per heavy atom. The van der Waals surface area contributed by atoms with Crippen molar-refractivity contribution < 1.29 is 17.9 Å². The highest BCUT2D eigenvalue weighted by Crippen LogP contribution is 2.28. The van der Waals surface area contributed by atoms with Crippen molar-refractivity contribution in [1.29, 1.82) is 0 Å². The highest BCUT2D eigenvalue weighted by molar-refractivity contribution is 5.90. The van der Waals surface area contributed by atoms with Crippen LogP contribution < -0.4 is 20.3 Å². The fraction of sp³-hybridized carbons (Fsp3) is 0.440. The predicted molar refractivity (Wildman–Crippen MR) is 130 cm³/mol. The Morgan fingerprint density at radius 3 is 2.29 bits per heavy atom. The molecular weight excluding hydrogens is 443 g/mol. The molecule has 0 bridgehead atoms. The van der Waals surface area contributed by atoms with E-state index in [-0.39, 0.29) is 25.3 Å². The van der Waals surface area contributed by atoms with E-state index in [2.05, 4.69) is 20.4 Å². The molecule has 0 radical (unpaired) electrons. The summed E-state index contributed by atoms with van der Waals surface area (Å²) in [6.45, 7) is 0.328. The maximum atomic E-state index is 12.6. The summed E-state index contributed by atoms with van der Waals surface area (Å²) in [5.74, 6) is 1.34. The number of hydrogen-bond donors (Lipinski definition) is 2. The summed E-state index contributed by atoms with van der Waals surface area (Å²) in [6.07, 6.45) is -1.03. The zero-order valence-corrected chi connectivity index (χ0v) is 18.7. The first-order valence-electron chi connectivity index (χ1n) is 11.1. The highest BCUT2D eigenvalue weighted by atomic mass is 19.4. The summed E-state index contributed by atoms with van der Waals surface area (Å²) in [7, 11) is 3.93. The van der Waals surface area contributed by atoms with Crippen LogP contribution in [0, 0.1) is 0 Å². The number of benzene rings is 2. The monoisotopic (exact) mass is 475 g/mol. The number of hydrogen-bond acceptors (Lipinski definition) is 6. The summed E-state index contributed by atoms with van der Waals surface area (Å²) in [5, 5.41) is 7.87. The number of rotatable bonds is 7. The van der Waals surface area contributed by atoms with Gasteiger partial charge in [-0.25, -0.2) is 4.98 Å². The number of anilines is 2. The first-order chi connectivity index (χ1) is 15.8. The summed E-state index contributed by atoms with van der Waals surface area (Å²) in [4.78, 5) is 11.4. The van der Waals surface area contributed by atoms with Gasteiger partial charge in [0.2, 0.25) is 5.95 Å². The molecule has 6 nitrogen and oxygen atoms in total. The van der Waals surface area contributed by atoms with Crippen LogP contribution in [-0.4, -0.2) is 42.5 Å². The highest BCUT2D eigenvalue weighted by Gasteiger charge is 2.32. The standard InChI is InChI=1S/C24H28F3N5O.CH4/c1-32(2)22-19-8-4-5-9-20(19)30-23(31-22)29-18-13-11-17(12-14-18)28-15-16-7-3-6-10-21(16)33-24(25,26)27;/h3-10,17-18,28H,11-15H2,1-2H3,(H,29,30,31);1H4. The minimum absolute atomic E-state index is 0. The summed E-state index contributed by atoms with van der Waals surface area (Å²) in [5.41, 5.74) is 1.39. The van der Waals surface area contributed by atoms with Gasteiger partial charge in [0.15, 0.2) is 0 Å².